The third-order valence-electron chi connectivity index (χ3n) is 8.54. The monoisotopic (exact) mass is 616 g/mol. The van der Waals surface area contributed by atoms with Crippen LogP contribution in [0, 0.1) is 23.7 Å². The number of aromatic nitrogens is 1. The van der Waals surface area contributed by atoms with E-state index in [0.29, 0.717) is 30.0 Å². The van der Waals surface area contributed by atoms with Gasteiger partial charge in [-0.1, -0.05) is 42.8 Å². The Hall–Kier alpha value is -5.32. The zero-order chi connectivity index (χ0) is 32.3. The maximum atomic E-state index is 14.0. The van der Waals surface area contributed by atoms with Crippen LogP contribution in [0.15, 0.2) is 79.5 Å². The van der Waals surface area contributed by atoms with E-state index in [2.05, 4.69) is 49.3 Å². The molecule has 1 saturated heterocycles. The number of piperazine rings is 1. The van der Waals surface area contributed by atoms with E-state index in [9.17, 15) is 9.59 Å². The van der Waals surface area contributed by atoms with Crippen LogP contribution in [-0.2, 0) is 11.3 Å². The Morgan fingerprint density at radius 1 is 1.04 bits per heavy atom. The van der Waals surface area contributed by atoms with Crippen LogP contribution in [0.25, 0.3) is 0 Å². The summed E-state index contributed by atoms with van der Waals surface area (Å²) in [5.74, 6) is 3.14. The van der Waals surface area contributed by atoms with Crippen molar-refractivity contribution in [1.82, 2.24) is 15.2 Å². The Kier molecular flexibility index (Phi) is 10.9. The van der Waals surface area contributed by atoms with E-state index in [1.165, 1.54) is 6.08 Å². The average Bonchev–Trinajstić information content (AvgIpc) is 3.09. The SMILES string of the molecule is C#CCN1CCN(c2ccc(N(C(=O)NCc3ccccc3)C3CCC(Nc4ccc(C#N)cn4)CC3)cc2NC(=O)C=C)CC1. The summed E-state index contributed by atoms with van der Waals surface area (Å²) in [5, 5.41) is 18.7. The Labute approximate surface area is 271 Å². The van der Waals surface area contributed by atoms with Crippen molar-refractivity contribution in [2.45, 2.75) is 44.3 Å². The Bertz CT molecular complexity index is 1580. The van der Waals surface area contributed by atoms with Crippen molar-refractivity contribution < 1.29 is 9.59 Å². The fourth-order valence-electron chi connectivity index (χ4n) is 6.09. The number of hydrogen-bond acceptors (Lipinski definition) is 7. The molecule has 1 aliphatic carbocycles. The topological polar surface area (TPSA) is 117 Å². The predicted molar refractivity (Wildman–Crippen MR) is 183 cm³/mol. The number of anilines is 4. The number of rotatable bonds is 10. The van der Waals surface area contributed by atoms with Gasteiger partial charge >= 0.3 is 6.03 Å². The van der Waals surface area contributed by atoms with Crippen molar-refractivity contribution in [3.05, 3.63) is 90.6 Å². The van der Waals surface area contributed by atoms with E-state index in [-0.39, 0.29) is 24.0 Å². The van der Waals surface area contributed by atoms with Gasteiger partial charge in [0.1, 0.15) is 11.9 Å². The smallest absolute Gasteiger partial charge is 0.322 e. The predicted octanol–water partition coefficient (Wildman–Crippen LogP) is 4.97. The Morgan fingerprint density at radius 3 is 2.46 bits per heavy atom. The second-order valence-electron chi connectivity index (χ2n) is 11.6. The van der Waals surface area contributed by atoms with Crippen LogP contribution in [0.1, 0.15) is 36.8 Å². The molecule has 10 heteroatoms. The molecule has 2 aromatic carbocycles. The molecule has 0 bridgehead atoms. The number of amides is 3. The molecule has 3 aromatic rings. The Balaban J connectivity index is 1.37. The molecular formula is C36H40N8O2. The largest absolute Gasteiger partial charge is 0.367 e. The van der Waals surface area contributed by atoms with Crippen LogP contribution < -0.4 is 25.8 Å². The minimum absolute atomic E-state index is 0.0520. The summed E-state index contributed by atoms with van der Waals surface area (Å²) >= 11 is 0. The first-order chi connectivity index (χ1) is 22.5. The number of hydrogen-bond donors (Lipinski definition) is 3. The molecule has 1 aliphatic heterocycles. The lowest BCUT2D eigenvalue weighted by Crippen LogP contribution is -2.49. The van der Waals surface area contributed by atoms with Gasteiger partial charge in [-0.3, -0.25) is 14.6 Å². The quantitative estimate of drug-likeness (QED) is 0.218. The van der Waals surface area contributed by atoms with Crippen LogP contribution in [-0.4, -0.2) is 66.6 Å². The number of terminal acetylenes is 1. The summed E-state index contributed by atoms with van der Waals surface area (Å²) in [6, 6.07) is 21.3. The number of nitrogens with one attached hydrogen (secondary N) is 3. The first-order valence-corrected chi connectivity index (χ1v) is 15.7. The lowest BCUT2D eigenvalue weighted by atomic mass is 9.89. The van der Waals surface area contributed by atoms with E-state index >= 15 is 0 Å². The third-order valence-corrected chi connectivity index (χ3v) is 8.54. The number of nitrogens with zero attached hydrogens (tertiary/aromatic N) is 5. The van der Waals surface area contributed by atoms with E-state index in [1.54, 1.807) is 12.3 Å². The van der Waals surface area contributed by atoms with Crippen LogP contribution in [0.4, 0.5) is 27.7 Å². The molecule has 5 rings (SSSR count). The number of benzene rings is 2. The van der Waals surface area contributed by atoms with E-state index < -0.39 is 0 Å². The lowest BCUT2D eigenvalue weighted by Gasteiger charge is -2.38. The summed E-state index contributed by atoms with van der Waals surface area (Å²) in [4.78, 5) is 37.2. The fourth-order valence-corrected chi connectivity index (χ4v) is 6.09. The molecule has 0 radical (unpaired) electrons. The summed E-state index contributed by atoms with van der Waals surface area (Å²) in [7, 11) is 0. The molecule has 3 N–H and O–H groups in total. The van der Waals surface area contributed by atoms with Crippen LogP contribution >= 0.6 is 0 Å². The zero-order valence-electron chi connectivity index (χ0n) is 26.0. The molecule has 1 aromatic heterocycles. The molecule has 10 nitrogen and oxygen atoms in total. The van der Waals surface area contributed by atoms with Gasteiger partial charge in [0, 0.05) is 56.7 Å². The molecule has 2 heterocycles. The normalized spacial score (nSPS) is 18.0. The van der Waals surface area contributed by atoms with Gasteiger partial charge in [0.15, 0.2) is 0 Å². The van der Waals surface area contributed by atoms with Gasteiger partial charge in [-0.15, -0.1) is 6.42 Å². The molecule has 2 aliphatic rings. The summed E-state index contributed by atoms with van der Waals surface area (Å²) in [5.41, 5.74) is 3.77. The summed E-state index contributed by atoms with van der Waals surface area (Å²) < 4.78 is 0. The number of carbonyl (C=O) groups excluding carboxylic acids is 2. The highest BCUT2D eigenvalue weighted by Gasteiger charge is 2.31. The average molecular weight is 617 g/mol. The molecular weight excluding hydrogens is 576 g/mol. The number of urea groups is 1. The molecule has 46 heavy (non-hydrogen) atoms. The maximum Gasteiger partial charge on any atom is 0.322 e. The minimum atomic E-state index is -0.313. The standard InChI is InChI=1S/C36H40N8O2/c1-3-18-42-19-21-43(22-20-42)33-16-15-31(23-32(33)41-35(45)4-2)44(36(46)39-25-27-8-6-5-7-9-27)30-13-11-29(12-14-30)40-34-17-10-28(24-37)26-38-34/h1,4-10,15-17,23,26,29-30H,2,11-14,18-22,25H2,(H,38,40)(H,39,46)(H,41,45). The van der Waals surface area contributed by atoms with Crippen LogP contribution in [0.3, 0.4) is 0 Å². The third kappa shape index (κ3) is 8.23. The number of carbonyl (C=O) groups is 2. The number of pyridine rings is 1. The van der Waals surface area contributed by atoms with Crippen molar-refractivity contribution in [1.29, 1.82) is 5.26 Å². The van der Waals surface area contributed by atoms with Crippen molar-refractivity contribution >= 4 is 34.8 Å². The molecule has 236 valence electrons. The highest BCUT2D eigenvalue weighted by Crippen LogP contribution is 2.35. The van der Waals surface area contributed by atoms with E-state index in [4.69, 9.17) is 11.7 Å². The van der Waals surface area contributed by atoms with Gasteiger partial charge in [-0.2, -0.15) is 5.26 Å². The van der Waals surface area contributed by atoms with Crippen molar-refractivity contribution in [2.24, 2.45) is 0 Å². The van der Waals surface area contributed by atoms with Gasteiger partial charge in [0.2, 0.25) is 5.91 Å². The number of nitriles is 1. The highest BCUT2D eigenvalue weighted by atomic mass is 16.2. The van der Waals surface area contributed by atoms with E-state index in [0.717, 1.165) is 68.9 Å². The molecule has 0 spiro atoms. The summed E-state index contributed by atoms with van der Waals surface area (Å²) in [6.45, 7) is 7.83. The fraction of sp³-hybridized carbons (Fsp3) is 0.333. The molecule has 3 amide bonds. The van der Waals surface area contributed by atoms with Gasteiger partial charge < -0.3 is 20.9 Å². The Morgan fingerprint density at radius 2 is 1.80 bits per heavy atom. The van der Waals surface area contributed by atoms with Gasteiger partial charge in [-0.25, -0.2) is 9.78 Å². The van der Waals surface area contributed by atoms with Gasteiger partial charge in [0.25, 0.3) is 0 Å². The van der Waals surface area contributed by atoms with Gasteiger partial charge in [-0.05, 0) is 67.7 Å². The van der Waals surface area contributed by atoms with E-state index in [1.807, 2.05) is 59.5 Å². The van der Waals surface area contributed by atoms with Crippen LogP contribution in [0.5, 0.6) is 0 Å². The highest BCUT2D eigenvalue weighted by molar-refractivity contribution is 6.02. The molecule has 2 fully saturated rings. The molecule has 0 atom stereocenters. The van der Waals surface area contributed by atoms with Crippen LogP contribution in [0.2, 0.25) is 0 Å². The molecule has 1 saturated carbocycles. The van der Waals surface area contributed by atoms with Crippen molar-refractivity contribution in [3.63, 3.8) is 0 Å². The zero-order valence-corrected chi connectivity index (χ0v) is 26.0. The van der Waals surface area contributed by atoms with Crippen molar-refractivity contribution in [2.75, 3.05) is 53.2 Å². The molecule has 0 unspecified atom stereocenters. The van der Waals surface area contributed by atoms with Crippen molar-refractivity contribution in [3.8, 4) is 18.4 Å². The first kappa shape index (κ1) is 32.1. The van der Waals surface area contributed by atoms with Gasteiger partial charge in [0.05, 0.1) is 23.5 Å². The minimum Gasteiger partial charge on any atom is -0.367 e. The maximum absolute atomic E-state index is 14.0. The second kappa shape index (κ2) is 15.6. The summed E-state index contributed by atoms with van der Waals surface area (Å²) in [6.07, 6.45) is 11.6. The lowest BCUT2D eigenvalue weighted by molar-refractivity contribution is -0.111. The first-order valence-electron chi connectivity index (χ1n) is 15.7. The second-order valence-corrected chi connectivity index (χ2v) is 11.6.